The first-order chi connectivity index (χ1) is 31.2. The van der Waals surface area contributed by atoms with Crippen molar-refractivity contribution in [3.63, 3.8) is 0 Å². The van der Waals surface area contributed by atoms with Crippen LogP contribution in [-0.4, -0.2) is 142 Å². The third-order valence-electron chi connectivity index (χ3n) is 11.3. The lowest BCUT2D eigenvalue weighted by Gasteiger charge is -2.33. The van der Waals surface area contributed by atoms with Crippen molar-refractivity contribution in [2.75, 3.05) is 18.8 Å². The van der Waals surface area contributed by atoms with Crippen molar-refractivity contribution >= 4 is 86.6 Å². The Hall–Kier alpha value is -5.17. The van der Waals surface area contributed by atoms with E-state index in [0.29, 0.717) is 12.8 Å². The number of primary amides is 3. The number of carbonyl (C=O) groups excluding carboxylic acids is 11. The zero-order valence-electron chi connectivity index (χ0n) is 39.7. The quantitative estimate of drug-likeness (QED) is 0.0660. The molecule has 0 aromatic carbocycles. The minimum atomic E-state index is -1.74. The van der Waals surface area contributed by atoms with Crippen LogP contribution in [0.5, 0.6) is 0 Å². The third kappa shape index (κ3) is 18.8. The molecule has 2 aliphatic heterocycles. The molecule has 67 heavy (non-hydrogen) atoms. The Morgan fingerprint density at radius 2 is 1.37 bits per heavy atom. The number of nitrogens with zero attached hydrogens (tertiary/aromatic N) is 1. The molecule has 2 saturated heterocycles. The van der Waals surface area contributed by atoms with Crippen molar-refractivity contribution in [1.82, 2.24) is 42.1 Å². The number of amides is 11. The first-order valence-electron chi connectivity index (χ1n) is 22.5. The van der Waals surface area contributed by atoms with Crippen LogP contribution in [0, 0.1) is 17.8 Å². The van der Waals surface area contributed by atoms with Gasteiger partial charge in [-0.1, -0.05) is 69.6 Å². The summed E-state index contributed by atoms with van der Waals surface area (Å²) in [6, 6.07) is -10.6. The molecular weight excluding hydrogens is 913 g/mol. The van der Waals surface area contributed by atoms with Crippen molar-refractivity contribution in [3.8, 4) is 0 Å². The fourth-order valence-corrected chi connectivity index (χ4v) is 10.0. The van der Waals surface area contributed by atoms with Gasteiger partial charge in [-0.15, -0.1) is 0 Å². The molecule has 25 heteroatoms. The molecule has 0 aliphatic carbocycles. The predicted octanol–water partition coefficient (Wildman–Crippen LogP) is -2.73. The Morgan fingerprint density at radius 3 is 1.94 bits per heavy atom. The maximum atomic E-state index is 14.6. The van der Waals surface area contributed by atoms with Crippen LogP contribution in [0.2, 0.25) is 0 Å². The smallest absolute Gasteiger partial charge is 0.246 e. The van der Waals surface area contributed by atoms with Crippen LogP contribution in [0.25, 0.3) is 0 Å². The van der Waals surface area contributed by atoms with Gasteiger partial charge in [-0.3, -0.25) is 52.7 Å². The van der Waals surface area contributed by atoms with Crippen molar-refractivity contribution < 1.29 is 52.7 Å². The lowest BCUT2D eigenvalue weighted by molar-refractivity contribution is -0.142. The fourth-order valence-electron chi connectivity index (χ4n) is 7.26. The van der Waals surface area contributed by atoms with Gasteiger partial charge in [0.05, 0.1) is 19.0 Å². The van der Waals surface area contributed by atoms with Gasteiger partial charge < -0.3 is 65.1 Å². The Labute approximate surface area is 399 Å². The minimum absolute atomic E-state index is 0.0613. The van der Waals surface area contributed by atoms with Crippen LogP contribution < -0.4 is 60.2 Å². The Kier molecular flexibility index (Phi) is 23.3. The van der Waals surface area contributed by atoms with E-state index in [2.05, 4.69) is 37.2 Å². The van der Waals surface area contributed by atoms with Gasteiger partial charge in [-0.25, -0.2) is 0 Å². The van der Waals surface area contributed by atoms with Crippen molar-refractivity contribution in [2.45, 2.75) is 160 Å². The summed E-state index contributed by atoms with van der Waals surface area (Å²) >= 11 is 0. The highest BCUT2D eigenvalue weighted by Gasteiger charge is 2.42. The summed E-state index contributed by atoms with van der Waals surface area (Å²) < 4.78 is -1.09. The average molecular weight is 985 g/mol. The predicted molar refractivity (Wildman–Crippen MR) is 251 cm³/mol. The van der Waals surface area contributed by atoms with E-state index in [1.54, 1.807) is 27.7 Å². The summed E-state index contributed by atoms with van der Waals surface area (Å²) in [6.07, 6.45) is -0.285. The lowest BCUT2D eigenvalue weighted by atomic mass is 9.95. The van der Waals surface area contributed by atoms with Crippen LogP contribution in [-0.2, 0) is 52.7 Å². The van der Waals surface area contributed by atoms with E-state index in [0.717, 1.165) is 21.6 Å². The molecule has 0 bridgehead atoms. The molecule has 378 valence electrons. The van der Waals surface area contributed by atoms with Crippen molar-refractivity contribution in [3.05, 3.63) is 0 Å². The van der Waals surface area contributed by atoms with E-state index in [1.165, 1.54) is 4.90 Å². The monoisotopic (exact) mass is 984 g/mol. The maximum Gasteiger partial charge on any atom is 0.246 e. The standard InChI is InChI=1S/C42H72N12O11S2/c1-9-22(6)32-39(63)48-23(12-13-29(43)55)35(59)49-26(17-30(44)56)36(60)52-27(19-66-67-42(7,8)33(46)40(64)51-25(16-21(4)5)37(61)53-32)41(65)54-14-10-11-28(54)38(62)50-24(15-20(2)3)34(58)47-18-31(45)57/h20-28,32-33H,9-19,46H2,1-8H3,(H2,43,55)(H2,44,56)(H2,45,57)(H,47,58)(H,48,63)(H,49,59)(H,50,62)(H,51,64)(H,52,60)(H,53,61)/t22-,23-,24-,25-,26-,27-,28-,32-,33+/m0/s1. The number of likely N-dealkylation sites (tertiary alicyclic amines) is 1. The molecule has 9 atom stereocenters. The number of hydrogen-bond acceptors (Lipinski definition) is 14. The molecule has 0 aromatic rings. The number of hydrogen-bond donors (Lipinski definition) is 11. The second-order valence-corrected chi connectivity index (χ2v) is 21.4. The molecular formula is C42H72N12O11S2. The van der Waals surface area contributed by atoms with Crippen molar-refractivity contribution in [1.29, 1.82) is 0 Å². The van der Waals surface area contributed by atoms with E-state index in [9.17, 15) is 52.7 Å². The van der Waals surface area contributed by atoms with Gasteiger partial charge >= 0.3 is 0 Å². The number of nitrogens with one attached hydrogen (secondary N) is 7. The van der Waals surface area contributed by atoms with Crippen LogP contribution in [0.3, 0.4) is 0 Å². The van der Waals surface area contributed by atoms with Gasteiger partial charge in [-0.2, -0.15) is 0 Å². The zero-order valence-corrected chi connectivity index (χ0v) is 41.3. The Bertz CT molecular complexity index is 1840. The van der Waals surface area contributed by atoms with Crippen LogP contribution in [0.4, 0.5) is 0 Å². The maximum absolute atomic E-state index is 14.6. The van der Waals surface area contributed by atoms with Crippen LogP contribution in [0.15, 0.2) is 0 Å². The fraction of sp³-hybridized carbons (Fsp3) is 0.738. The number of nitrogens with two attached hydrogens (primary N) is 4. The summed E-state index contributed by atoms with van der Waals surface area (Å²) in [5, 5.41) is 18.1. The molecule has 0 radical (unpaired) electrons. The average Bonchev–Trinajstić information content (AvgIpc) is 3.73. The largest absolute Gasteiger partial charge is 0.370 e. The summed E-state index contributed by atoms with van der Waals surface area (Å²) in [7, 11) is 2.14. The van der Waals surface area contributed by atoms with Crippen LogP contribution >= 0.6 is 21.6 Å². The minimum Gasteiger partial charge on any atom is -0.370 e. The van der Waals surface area contributed by atoms with Gasteiger partial charge in [0, 0.05) is 23.5 Å². The highest BCUT2D eigenvalue weighted by molar-refractivity contribution is 8.77. The number of carbonyl (C=O) groups is 11. The summed E-state index contributed by atoms with van der Waals surface area (Å²) in [4.78, 5) is 148. The summed E-state index contributed by atoms with van der Waals surface area (Å²) in [5.41, 5.74) is 22.7. The molecule has 2 fully saturated rings. The third-order valence-corrected chi connectivity index (χ3v) is 14.6. The van der Waals surface area contributed by atoms with Gasteiger partial charge in [0.25, 0.3) is 0 Å². The molecule has 0 saturated carbocycles. The molecule has 2 rings (SSSR count). The Morgan fingerprint density at radius 1 is 0.776 bits per heavy atom. The zero-order chi connectivity index (χ0) is 50.9. The normalized spacial score (nSPS) is 25.6. The first kappa shape index (κ1) is 58.0. The van der Waals surface area contributed by atoms with Crippen molar-refractivity contribution in [2.24, 2.45) is 40.7 Å². The van der Waals surface area contributed by atoms with Crippen LogP contribution in [0.1, 0.15) is 107 Å². The lowest BCUT2D eigenvalue weighted by Crippen LogP contribution is -2.62. The second kappa shape index (κ2) is 27.0. The molecule has 0 unspecified atom stereocenters. The summed E-state index contributed by atoms with van der Waals surface area (Å²) in [6.45, 7) is 13.7. The Balaban J connectivity index is 2.68. The highest BCUT2D eigenvalue weighted by atomic mass is 33.1. The van der Waals surface area contributed by atoms with Gasteiger partial charge in [-0.05, 0) is 63.7 Å². The molecule has 2 aliphatic rings. The molecule has 11 amide bonds. The molecule has 23 nitrogen and oxygen atoms in total. The van der Waals surface area contributed by atoms with E-state index in [4.69, 9.17) is 22.9 Å². The second-order valence-electron chi connectivity index (χ2n) is 18.4. The van der Waals surface area contributed by atoms with E-state index < -0.39 is 143 Å². The molecule has 0 spiro atoms. The number of rotatable bonds is 17. The van der Waals surface area contributed by atoms with E-state index >= 15 is 0 Å². The molecule has 2 heterocycles. The topological polar surface area (TPSA) is 379 Å². The van der Waals surface area contributed by atoms with Gasteiger partial charge in [0.15, 0.2) is 0 Å². The van der Waals surface area contributed by atoms with E-state index in [-0.39, 0.29) is 49.8 Å². The summed E-state index contributed by atoms with van der Waals surface area (Å²) in [5.74, 6) is -9.95. The first-order valence-corrected chi connectivity index (χ1v) is 24.8. The van der Waals surface area contributed by atoms with Gasteiger partial charge in [0.2, 0.25) is 65.0 Å². The molecule has 15 N–H and O–H groups in total. The SMILES string of the molecule is CC[C@H](C)[C@@H]1NC(=O)[C@H](CC(C)C)NC(=O)[C@@H](N)C(C)(C)SSC[C@@H](C(=O)N2CCC[C@H]2C(=O)N[C@@H](CC(C)C)C(=O)NCC(N)=O)NC(=O)[C@H](CC(N)=O)NC(=O)[C@H](CCC(N)=O)NC1=O. The van der Waals surface area contributed by atoms with Gasteiger partial charge in [0.1, 0.15) is 42.3 Å². The molecule has 0 aromatic heterocycles. The highest BCUT2D eigenvalue weighted by Crippen LogP contribution is 2.38. The van der Waals surface area contributed by atoms with E-state index in [1.807, 2.05) is 27.7 Å².